The number of aryl methyl sites for hydroxylation is 1. The maximum Gasteiger partial charge on any atom is 0.329 e. The third-order valence-corrected chi connectivity index (χ3v) is 6.96. The molecule has 4 rings (SSSR count). The Kier molecular flexibility index (Phi) is 9.70. The molecule has 0 spiro atoms. The van der Waals surface area contributed by atoms with Gasteiger partial charge < -0.3 is 20.1 Å². The Morgan fingerprint density at radius 2 is 1.85 bits per heavy atom. The third-order valence-electron chi connectivity index (χ3n) is 6.37. The lowest BCUT2D eigenvalue weighted by Gasteiger charge is -2.16. The van der Waals surface area contributed by atoms with Crippen LogP contribution in [0.5, 0.6) is 11.5 Å². The zero-order valence-corrected chi connectivity index (χ0v) is 24.1. The SMILES string of the molecule is C=CCc1cc(/C=C2/NC(=O)N(CC(=O)Nc3ccccc3CC)C2=O)cc(OC)c1OCc1ccc(Cl)cc1Cl. The number of amides is 4. The van der Waals surface area contributed by atoms with E-state index in [1.807, 2.05) is 25.1 Å². The second-order valence-electron chi connectivity index (χ2n) is 9.17. The molecule has 1 saturated heterocycles. The Bertz CT molecular complexity index is 1540. The van der Waals surface area contributed by atoms with E-state index in [9.17, 15) is 14.4 Å². The van der Waals surface area contributed by atoms with Gasteiger partial charge >= 0.3 is 6.03 Å². The second-order valence-corrected chi connectivity index (χ2v) is 10.0. The fourth-order valence-electron chi connectivity index (χ4n) is 4.34. The van der Waals surface area contributed by atoms with Crippen LogP contribution in [0.1, 0.15) is 29.2 Å². The molecule has 1 heterocycles. The Labute approximate surface area is 248 Å². The summed E-state index contributed by atoms with van der Waals surface area (Å²) in [5, 5.41) is 6.34. The number of methoxy groups -OCH3 is 1. The molecule has 0 saturated carbocycles. The molecule has 0 aliphatic carbocycles. The highest BCUT2D eigenvalue weighted by Crippen LogP contribution is 2.36. The van der Waals surface area contributed by atoms with Gasteiger partial charge in [-0.1, -0.05) is 60.5 Å². The van der Waals surface area contributed by atoms with Crippen LogP contribution in [-0.2, 0) is 29.0 Å². The zero-order chi connectivity index (χ0) is 29.5. The molecule has 0 unspecified atom stereocenters. The van der Waals surface area contributed by atoms with Crippen molar-refractivity contribution in [3.63, 3.8) is 0 Å². The summed E-state index contributed by atoms with van der Waals surface area (Å²) in [6.45, 7) is 5.55. The van der Waals surface area contributed by atoms with Crippen LogP contribution in [0, 0.1) is 0 Å². The summed E-state index contributed by atoms with van der Waals surface area (Å²) in [6, 6.07) is 15.3. The molecule has 0 atom stereocenters. The maximum absolute atomic E-state index is 13.1. The molecule has 8 nitrogen and oxygen atoms in total. The van der Waals surface area contributed by atoms with E-state index in [1.54, 1.807) is 42.5 Å². The van der Waals surface area contributed by atoms with E-state index in [0.29, 0.717) is 39.2 Å². The highest BCUT2D eigenvalue weighted by Gasteiger charge is 2.35. The van der Waals surface area contributed by atoms with Crippen LogP contribution in [0.3, 0.4) is 0 Å². The highest BCUT2D eigenvalue weighted by molar-refractivity contribution is 6.35. The van der Waals surface area contributed by atoms with E-state index >= 15 is 0 Å². The number of halogens is 2. The fourth-order valence-corrected chi connectivity index (χ4v) is 4.81. The highest BCUT2D eigenvalue weighted by atomic mass is 35.5. The standard InChI is InChI=1S/C31H29Cl2N3O5/c1-4-8-21-13-19(15-27(40-3)29(21)41-18-22-11-12-23(32)16-24(22)33)14-26-30(38)36(31(39)35-26)17-28(37)34-25-10-7-6-9-20(25)5-2/h4,6-7,9-16H,1,5,8,17-18H2,2-3H3,(H,34,37)(H,35,39)/b26-14+. The van der Waals surface area contributed by atoms with Crippen molar-refractivity contribution >= 4 is 52.8 Å². The van der Waals surface area contributed by atoms with Gasteiger partial charge in [0.15, 0.2) is 11.5 Å². The number of hydrogen-bond donors (Lipinski definition) is 2. The van der Waals surface area contributed by atoms with Gasteiger partial charge in [0.1, 0.15) is 18.8 Å². The predicted octanol–water partition coefficient (Wildman–Crippen LogP) is 6.40. The number of benzene rings is 3. The van der Waals surface area contributed by atoms with Gasteiger partial charge in [-0.2, -0.15) is 0 Å². The molecule has 3 aromatic carbocycles. The van der Waals surface area contributed by atoms with E-state index < -0.39 is 24.4 Å². The average Bonchev–Trinajstić information content (AvgIpc) is 3.20. The van der Waals surface area contributed by atoms with Gasteiger partial charge in [-0.3, -0.25) is 9.59 Å². The van der Waals surface area contributed by atoms with Crippen molar-refractivity contribution in [1.29, 1.82) is 0 Å². The number of anilines is 1. The van der Waals surface area contributed by atoms with Crippen molar-refractivity contribution in [2.75, 3.05) is 19.0 Å². The third kappa shape index (κ3) is 7.09. The molecule has 4 amide bonds. The maximum atomic E-state index is 13.1. The van der Waals surface area contributed by atoms with Crippen LogP contribution in [0.15, 0.2) is 72.9 Å². The minimum absolute atomic E-state index is 0.0324. The molecule has 1 aliphatic heterocycles. The molecule has 0 radical (unpaired) electrons. The topological polar surface area (TPSA) is 97.0 Å². The van der Waals surface area contributed by atoms with Gasteiger partial charge in [-0.15, -0.1) is 6.58 Å². The second kappa shape index (κ2) is 13.4. The normalized spacial score (nSPS) is 13.8. The van der Waals surface area contributed by atoms with Gasteiger partial charge in [-0.05, 0) is 60.4 Å². The van der Waals surface area contributed by atoms with Crippen LogP contribution in [0.4, 0.5) is 10.5 Å². The predicted molar refractivity (Wildman–Crippen MR) is 160 cm³/mol. The summed E-state index contributed by atoms with van der Waals surface area (Å²) < 4.78 is 11.7. The van der Waals surface area contributed by atoms with Crippen molar-refractivity contribution in [2.45, 2.75) is 26.4 Å². The summed E-state index contributed by atoms with van der Waals surface area (Å²) in [5.74, 6) is -0.180. The van der Waals surface area contributed by atoms with Crippen LogP contribution in [0.25, 0.3) is 6.08 Å². The van der Waals surface area contributed by atoms with Crippen molar-refractivity contribution in [2.24, 2.45) is 0 Å². The van der Waals surface area contributed by atoms with Crippen molar-refractivity contribution in [3.8, 4) is 11.5 Å². The summed E-state index contributed by atoms with van der Waals surface area (Å²) in [6.07, 6.45) is 4.41. The summed E-state index contributed by atoms with van der Waals surface area (Å²) in [5.41, 5.74) is 3.71. The lowest BCUT2D eigenvalue weighted by atomic mass is 10.0. The first kappa shape index (κ1) is 29.7. The van der Waals surface area contributed by atoms with E-state index in [2.05, 4.69) is 17.2 Å². The molecule has 41 heavy (non-hydrogen) atoms. The number of rotatable bonds is 11. The van der Waals surface area contributed by atoms with Gasteiger partial charge in [0.05, 0.1) is 7.11 Å². The minimum Gasteiger partial charge on any atom is -0.493 e. The number of nitrogens with one attached hydrogen (secondary N) is 2. The number of carbonyl (C=O) groups is 3. The number of imide groups is 1. The quantitative estimate of drug-likeness (QED) is 0.152. The molecule has 0 aromatic heterocycles. The Morgan fingerprint density at radius 3 is 2.56 bits per heavy atom. The van der Waals surface area contributed by atoms with Crippen molar-refractivity contribution in [1.82, 2.24) is 10.2 Å². The van der Waals surface area contributed by atoms with Gasteiger partial charge in [0.25, 0.3) is 5.91 Å². The van der Waals surface area contributed by atoms with Crippen LogP contribution in [0.2, 0.25) is 10.0 Å². The molecule has 1 fully saturated rings. The Hall–Kier alpha value is -4.27. The van der Waals surface area contributed by atoms with Crippen LogP contribution in [-0.4, -0.2) is 36.4 Å². The van der Waals surface area contributed by atoms with E-state index in [1.165, 1.54) is 13.2 Å². The summed E-state index contributed by atoms with van der Waals surface area (Å²) in [4.78, 5) is 39.2. The first-order valence-corrected chi connectivity index (χ1v) is 13.6. The van der Waals surface area contributed by atoms with Crippen molar-refractivity contribution < 1.29 is 23.9 Å². The largest absolute Gasteiger partial charge is 0.493 e. The fraction of sp³-hybridized carbons (Fsp3) is 0.194. The zero-order valence-electron chi connectivity index (χ0n) is 22.6. The first-order valence-electron chi connectivity index (χ1n) is 12.8. The summed E-state index contributed by atoms with van der Waals surface area (Å²) in [7, 11) is 1.51. The van der Waals surface area contributed by atoms with Crippen LogP contribution < -0.4 is 20.1 Å². The molecular weight excluding hydrogens is 565 g/mol. The molecule has 1 aliphatic rings. The lowest BCUT2D eigenvalue weighted by Crippen LogP contribution is -2.38. The number of allylic oxidation sites excluding steroid dienone is 1. The van der Waals surface area contributed by atoms with Gasteiger partial charge in [0.2, 0.25) is 5.91 Å². The van der Waals surface area contributed by atoms with E-state index in [4.69, 9.17) is 32.7 Å². The summed E-state index contributed by atoms with van der Waals surface area (Å²) >= 11 is 12.3. The lowest BCUT2D eigenvalue weighted by molar-refractivity contribution is -0.127. The molecule has 3 aromatic rings. The average molecular weight is 594 g/mol. The molecule has 10 heteroatoms. The number of hydrogen-bond acceptors (Lipinski definition) is 5. The van der Waals surface area contributed by atoms with Gasteiger partial charge in [0, 0.05) is 26.9 Å². The molecule has 212 valence electrons. The minimum atomic E-state index is -0.682. The smallest absolute Gasteiger partial charge is 0.329 e. The number of nitrogens with zero attached hydrogens (tertiary/aromatic N) is 1. The van der Waals surface area contributed by atoms with Crippen molar-refractivity contribution in [3.05, 3.63) is 105 Å². The van der Waals surface area contributed by atoms with E-state index in [-0.39, 0.29) is 12.3 Å². The Balaban J connectivity index is 1.53. The molecular formula is C31H29Cl2N3O5. The van der Waals surface area contributed by atoms with E-state index in [0.717, 1.165) is 28.0 Å². The Morgan fingerprint density at radius 1 is 1.07 bits per heavy atom. The monoisotopic (exact) mass is 593 g/mol. The number of urea groups is 1. The number of para-hydroxylation sites is 1. The van der Waals surface area contributed by atoms with Crippen LogP contribution >= 0.6 is 23.2 Å². The molecule has 2 N–H and O–H groups in total. The number of ether oxygens (including phenoxy) is 2. The number of carbonyl (C=O) groups excluding carboxylic acids is 3. The molecule has 0 bridgehead atoms. The first-order chi connectivity index (χ1) is 19.7. The van der Waals surface area contributed by atoms with Gasteiger partial charge in [-0.25, -0.2) is 9.69 Å².